The number of hydrogen-bond donors (Lipinski definition) is 1. The molecule has 1 aliphatic heterocycles. The van der Waals surface area contributed by atoms with Crippen LogP contribution in [0, 0.1) is 13.8 Å². The molecule has 2 N–H and O–H groups in total. The maximum Gasteiger partial charge on any atom is 0.253 e. The number of hydrogen-bond acceptors (Lipinski definition) is 3. The molecular weight excluding hydrogens is 266 g/mol. The second kappa shape index (κ2) is 6.72. The highest BCUT2D eigenvalue weighted by atomic mass is 16.2. The van der Waals surface area contributed by atoms with Gasteiger partial charge in [-0.15, -0.1) is 0 Å². The van der Waals surface area contributed by atoms with Crippen molar-refractivity contribution in [2.75, 3.05) is 32.7 Å². The number of amides is 2. The second-order valence-electron chi connectivity index (χ2n) is 5.61. The number of rotatable bonds is 2. The molecule has 114 valence electrons. The highest BCUT2D eigenvalue weighted by Gasteiger charge is 2.22. The summed E-state index contributed by atoms with van der Waals surface area (Å²) in [5, 5.41) is 0. The minimum Gasteiger partial charge on any atom is -0.340 e. The number of nitrogens with two attached hydrogens (primary N) is 1. The number of carbonyl (C=O) groups excluding carboxylic acids is 2. The quantitative estimate of drug-likeness (QED) is 0.881. The van der Waals surface area contributed by atoms with Gasteiger partial charge in [-0.2, -0.15) is 0 Å². The zero-order chi connectivity index (χ0) is 15.4. The summed E-state index contributed by atoms with van der Waals surface area (Å²) in [6.45, 7) is 6.50. The molecule has 1 aromatic carbocycles. The third-order valence-electron chi connectivity index (χ3n) is 3.78. The van der Waals surface area contributed by atoms with E-state index in [1.807, 2.05) is 30.9 Å². The number of aryl methyl sites for hydroxylation is 2. The molecule has 0 radical (unpaired) electrons. The maximum absolute atomic E-state index is 12.6. The molecular formula is C16H23N3O2. The van der Waals surface area contributed by atoms with E-state index in [2.05, 4.69) is 6.07 Å². The molecule has 2 amide bonds. The van der Waals surface area contributed by atoms with Crippen LogP contribution in [-0.4, -0.2) is 54.3 Å². The SMILES string of the molecule is Cc1cc(C)cc(C(=O)N2CCCN(C(=O)CN)CC2)c1. The Labute approximate surface area is 125 Å². The lowest BCUT2D eigenvalue weighted by atomic mass is 10.1. The average Bonchev–Trinajstić information content (AvgIpc) is 2.70. The number of carbonyl (C=O) groups is 2. The third kappa shape index (κ3) is 3.82. The van der Waals surface area contributed by atoms with Crippen molar-refractivity contribution in [3.8, 4) is 0 Å². The molecule has 0 saturated carbocycles. The van der Waals surface area contributed by atoms with Crippen molar-refractivity contribution < 1.29 is 9.59 Å². The molecule has 1 aliphatic rings. The van der Waals surface area contributed by atoms with Crippen LogP contribution in [0.2, 0.25) is 0 Å². The molecule has 21 heavy (non-hydrogen) atoms. The molecule has 2 rings (SSSR count). The van der Waals surface area contributed by atoms with E-state index in [0.717, 1.165) is 23.1 Å². The molecule has 0 aromatic heterocycles. The van der Waals surface area contributed by atoms with Crippen LogP contribution in [0.3, 0.4) is 0 Å². The van der Waals surface area contributed by atoms with E-state index >= 15 is 0 Å². The van der Waals surface area contributed by atoms with Crippen molar-refractivity contribution >= 4 is 11.8 Å². The van der Waals surface area contributed by atoms with Gasteiger partial charge >= 0.3 is 0 Å². The molecule has 5 heteroatoms. The van der Waals surface area contributed by atoms with E-state index in [-0.39, 0.29) is 18.4 Å². The second-order valence-corrected chi connectivity index (χ2v) is 5.61. The largest absolute Gasteiger partial charge is 0.340 e. The van der Waals surface area contributed by atoms with Gasteiger partial charge in [-0.1, -0.05) is 17.2 Å². The summed E-state index contributed by atoms with van der Waals surface area (Å²) in [5.41, 5.74) is 8.31. The predicted octanol–water partition coefficient (Wildman–Crippen LogP) is 0.937. The van der Waals surface area contributed by atoms with E-state index < -0.39 is 0 Å². The van der Waals surface area contributed by atoms with Gasteiger partial charge in [0.2, 0.25) is 5.91 Å². The first kappa shape index (κ1) is 15.5. The fraction of sp³-hybridized carbons (Fsp3) is 0.500. The van der Waals surface area contributed by atoms with Crippen LogP contribution in [0.25, 0.3) is 0 Å². The van der Waals surface area contributed by atoms with Crippen LogP contribution in [0.5, 0.6) is 0 Å². The van der Waals surface area contributed by atoms with Crippen molar-refractivity contribution in [1.29, 1.82) is 0 Å². The van der Waals surface area contributed by atoms with Gasteiger partial charge in [0, 0.05) is 31.7 Å². The van der Waals surface area contributed by atoms with Gasteiger partial charge in [0.05, 0.1) is 6.54 Å². The van der Waals surface area contributed by atoms with E-state index in [0.29, 0.717) is 26.2 Å². The molecule has 1 aromatic rings. The monoisotopic (exact) mass is 289 g/mol. The Morgan fingerprint density at radius 2 is 1.57 bits per heavy atom. The van der Waals surface area contributed by atoms with E-state index in [1.165, 1.54) is 0 Å². The lowest BCUT2D eigenvalue weighted by Gasteiger charge is -2.22. The third-order valence-corrected chi connectivity index (χ3v) is 3.78. The smallest absolute Gasteiger partial charge is 0.253 e. The van der Waals surface area contributed by atoms with Crippen LogP contribution in [0.15, 0.2) is 18.2 Å². The van der Waals surface area contributed by atoms with Gasteiger partial charge in [0.15, 0.2) is 0 Å². The van der Waals surface area contributed by atoms with E-state index in [4.69, 9.17) is 5.73 Å². The van der Waals surface area contributed by atoms with Gasteiger partial charge in [-0.3, -0.25) is 9.59 Å². The Bertz CT molecular complexity index is 522. The van der Waals surface area contributed by atoms with E-state index in [9.17, 15) is 9.59 Å². The van der Waals surface area contributed by atoms with Crippen molar-refractivity contribution in [2.45, 2.75) is 20.3 Å². The molecule has 1 heterocycles. The predicted molar refractivity (Wildman–Crippen MR) is 82.1 cm³/mol. The number of nitrogens with zero attached hydrogens (tertiary/aromatic N) is 2. The summed E-state index contributed by atoms with van der Waals surface area (Å²) in [6.07, 6.45) is 0.794. The first-order valence-electron chi connectivity index (χ1n) is 7.36. The van der Waals surface area contributed by atoms with Crippen molar-refractivity contribution in [3.05, 3.63) is 34.9 Å². The van der Waals surface area contributed by atoms with Crippen molar-refractivity contribution in [1.82, 2.24) is 9.80 Å². The van der Waals surface area contributed by atoms with Gasteiger partial charge < -0.3 is 15.5 Å². The summed E-state index contributed by atoms with van der Waals surface area (Å²) in [4.78, 5) is 27.8. The highest BCUT2D eigenvalue weighted by molar-refractivity contribution is 5.94. The molecule has 1 fully saturated rings. The first-order valence-corrected chi connectivity index (χ1v) is 7.36. The number of benzene rings is 1. The Morgan fingerprint density at radius 3 is 2.19 bits per heavy atom. The van der Waals surface area contributed by atoms with Crippen molar-refractivity contribution in [2.24, 2.45) is 5.73 Å². The zero-order valence-corrected chi connectivity index (χ0v) is 12.8. The van der Waals surface area contributed by atoms with Gasteiger partial charge in [0.25, 0.3) is 5.91 Å². The molecule has 0 unspecified atom stereocenters. The molecule has 1 saturated heterocycles. The summed E-state index contributed by atoms with van der Waals surface area (Å²) in [5.74, 6) is -0.000420. The molecule has 0 atom stereocenters. The Hall–Kier alpha value is -1.88. The van der Waals surface area contributed by atoms with Gasteiger partial charge in [-0.25, -0.2) is 0 Å². The Morgan fingerprint density at radius 1 is 1.00 bits per heavy atom. The molecule has 5 nitrogen and oxygen atoms in total. The maximum atomic E-state index is 12.6. The summed E-state index contributed by atoms with van der Waals surface area (Å²) in [6, 6.07) is 5.90. The fourth-order valence-electron chi connectivity index (χ4n) is 2.78. The normalized spacial score (nSPS) is 15.8. The summed E-state index contributed by atoms with van der Waals surface area (Å²) < 4.78 is 0. The lowest BCUT2D eigenvalue weighted by molar-refractivity contribution is -0.129. The molecule has 0 bridgehead atoms. The Balaban J connectivity index is 2.08. The topological polar surface area (TPSA) is 66.6 Å². The minimum absolute atomic E-state index is 0.0328. The van der Waals surface area contributed by atoms with E-state index in [1.54, 1.807) is 4.90 Å². The summed E-state index contributed by atoms with van der Waals surface area (Å²) >= 11 is 0. The lowest BCUT2D eigenvalue weighted by Crippen LogP contribution is -2.39. The first-order chi connectivity index (χ1) is 10.0. The zero-order valence-electron chi connectivity index (χ0n) is 12.8. The van der Waals surface area contributed by atoms with Crippen LogP contribution < -0.4 is 5.73 Å². The standard InChI is InChI=1S/C16H23N3O2/c1-12-8-13(2)10-14(9-12)16(21)19-5-3-4-18(6-7-19)15(20)11-17/h8-10H,3-7,11,17H2,1-2H3. The van der Waals surface area contributed by atoms with Crippen LogP contribution in [0.4, 0.5) is 0 Å². The average molecular weight is 289 g/mol. The Kier molecular flexibility index (Phi) is 4.96. The van der Waals surface area contributed by atoms with Gasteiger partial charge in [-0.05, 0) is 32.4 Å². The highest BCUT2D eigenvalue weighted by Crippen LogP contribution is 2.13. The van der Waals surface area contributed by atoms with Crippen LogP contribution in [0.1, 0.15) is 27.9 Å². The molecule has 0 aliphatic carbocycles. The summed E-state index contributed by atoms with van der Waals surface area (Å²) in [7, 11) is 0. The minimum atomic E-state index is -0.0456. The van der Waals surface area contributed by atoms with Crippen LogP contribution in [-0.2, 0) is 4.79 Å². The van der Waals surface area contributed by atoms with Crippen molar-refractivity contribution in [3.63, 3.8) is 0 Å². The van der Waals surface area contributed by atoms with Gasteiger partial charge in [0.1, 0.15) is 0 Å². The van der Waals surface area contributed by atoms with Crippen LogP contribution >= 0.6 is 0 Å². The molecule has 0 spiro atoms. The fourth-order valence-corrected chi connectivity index (χ4v) is 2.78.